The summed E-state index contributed by atoms with van der Waals surface area (Å²) in [4.78, 5) is 34.5. The first-order valence-electron chi connectivity index (χ1n) is 18.8. The van der Waals surface area contributed by atoms with Crippen molar-refractivity contribution in [2.24, 2.45) is 0 Å². The molecule has 14 heteroatoms. The van der Waals surface area contributed by atoms with Crippen LogP contribution >= 0.6 is 0 Å². The van der Waals surface area contributed by atoms with Gasteiger partial charge >= 0.3 is 11.9 Å². The lowest BCUT2D eigenvalue weighted by atomic mass is 10.0. The molecule has 3 N–H and O–H groups in total. The molecule has 2 aromatic heterocycles. The molecule has 0 radical (unpaired) electrons. The fraction of sp³-hybridized carbons (Fsp3) is 0.302. The minimum absolute atomic E-state index is 0.129. The molecule has 57 heavy (non-hydrogen) atoms. The molecule has 0 saturated heterocycles. The van der Waals surface area contributed by atoms with E-state index in [1.54, 1.807) is 42.7 Å². The predicted octanol–water partition coefficient (Wildman–Crippen LogP) is 7.42. The fourth-order valence-electron chi connectivity index (χ4n) is 7.27. The van der Waals surface area contributed by atoms with Crippen molar-refractivity contribution >= 4 is 34.9 Å². The van der Waals surface area contributed by atoms with E-state index in [-0.39, 0.29) is 23.0 Å². The van der Waals surface area contributed by atoms with E-state index in [1.807, 2.05) is 36.4 Å². The van der Waals surface area contributed by atoms with Gasteiger partial charge < -0.3 is 39.8 Å². The molecule has 12 nitrogen and oxygen atoms in total. The summed E-state index contributed by atoms with van der Waals surface area (Å²) in [5, 5.41) is 10.5. The fourth-order valence-corrected chi connectivity index (χ4v) is 7.27. The number of carbonyl (C=O) groups excluding carboxylic acids is 2. The van der Waals surface area contributed by atoms with Crippen LogP contribution in [0.3, 0.4) is 0 Å². The molecule has 2 aliphatic carbocycles. The third kappa shape index (κ3) is 7.84. The van der Waals surface area contributed by atoms with Gasteiger partial charge in [0.05, 0.1) is 43.0 Å². The van der Waals surface area contributed by atoms with Crippen LogP contribution in [0.25, 0.3) is 0 Å². The molecule has 2 fully saturated rings. The topological polar surface area (TPSA) is 136 Å². The van der Waals surface area contributed by atoms with Gasteiger partial charge in [-0.2, -0.15) is 0 Å². The van der Waals surface area contributed by atoms with E-state index in [1.165, 1.54) is 20.3 Å². The maximum Gasteiger partial charge on any atom is 0.337 e. The number of anilines is 4. The maximum atomic E-state index is 13.8. The molecule has 9 rings (SSSR count). The van der Waals surface area contributed by atoms with Crippen LogP contribution in [-0.2, 0) is 27.1 Å². The Hall–Kier alpha value is -6.44. The molecule has 0 amide bonds. The van der Waals surface area contributed by atoms with Gasteiger partial charge in [-0.05, 0) is 78.8 Å². The summed E-state index contributed by atoms with van der Waals surface area (Å²) in [6.45, 7) is 2.91. The summed E-state index contributed by atoms with van der Waals surface area (Å²) in [5.41, 5.74) is 5.21. The van der Waals surface area contributed by atoms with Crippen molar-refractivity contribution in [3.05, 3.63) is 131 Å². The number of esters is 2. The molecule has 2 aliphatic heterocycles. The molecule has 2 saturated carbocycles. The molecular weight excluding hydrogens is 735 g/mol. The first kappa shape index (κ1) is 37.5. The number of aromatic nitrogens is 2. The second-order valence-electron chi connectivity index (χ2n) is 14.4. The van der Waals surface area contributed by atoms with Crippen LogP contribution in [0.15, 0.2) is 91.3 Å². The number of ether oxygens (including phenoxy) is 4. The quantitative estimate of drug-likeness (QED) is 0.122. The number of halogens is 2. The van der Waals surface area contributed by atoms with Crippen LogP contribution in [0, 0.1) is 11.6 Å². The van der Waals surface area contributed by atoms with Crippen LogP contribution in [0.1, 0.15) is 63.1 Å². The van der Waals surface area contributed by atoms with Gasteiger partial charge in [-0.15, -0.1) is 0 Å². The molecule has 0 bridgehead atoms. The summed E-state index contributed by atoms with van der Waals surface area (Å²) in [5.74, 6) is 0.583. The Balaban J connectivity index is 0.000000168. The van der Waals surface area contributed by atoms with Gasteiger partial charge in [0, 0.05) is 37.6 Å². The molecule has 5 aromatic rings. The van der Waals surface area contributed by atoms with E-state index >= 15 is 0 Å². The number of rotatable bonds is 10. The Morgan fingerprint density at radius 2 is 1.30 bits per heavy atom. The summed E-state index contributed by atoms with van der Waals surface area (Å²) < 4.78 is 48.2. The number of pyridine rings is 2. The van der Waals surface area contributed by atoms with E-state index in [9.17, 15) is 18.4 Å². The van der Waals surface area contributed by atoms with Gasteiger partial charge in [0.25, 0.3) is 0 Å². The van der Waals surface area contributed by atoms with Gasteiger partial charge in [0.15, 0.2) is 23.3 Å². The van der Waals surface area contributed by atoms with Gasteiger partial charge in [0.2, 0.25) is 0 Å². The van der Waals surface area contributed by atoms with Crippen LogP contribution in [0.4, 0.5) is 31.8 Å². The van der Waals surface area contributed by atoms with E-state index in [4.69, 9.17) is 18.9 Å². The largest absolute Gasteiger partial charge is 0.489 e. The van der Waals surface area contributed by atoms with Gasteiger partial charge in [-0.1, -0.05) is 30.3 Å². The third-order valence-corrected chi connectivity index (χ3v) is 10.7. The number of nitrogens with one attached hydrogen (secondary N) is 3. The highest BCUT2D eigenvalue weighted by molar-refractivity contribution is 5.90. The Bertz CT molecular complexity index is 2280. The zero-order chi connectivity index (χ0) is 39.6. The lowest BCUT2D eigenvalue weighted by Gasteiger charge is -2.33. The van der Waals surface area contributed by atoms with E-state index in [0.29, 0.717) is 54.6 Å². The molecule has 0 atom stereocenters. The standard InChI is InChI=1S/C25H23F2N3O3.C18H19N3O3/c1-32-24(31)17-3-5-18(6-4-17)25(9-10-25)29-23-22-21(8-11-28-23)33-13-12-30(22)15-16-2-7-19(26)20(27)14-16;1-23-17(22)12-2-4-13(5-3-12)18(7-8-18)21-16-15-14(6-9-20-16)24-11-10-19-15/h2-8,11,14H,9-10,12-13,15H2,1H3,(H,28,29);2-6,9,19H,7-8,10-11H2,1H3,(H,20,21). The van der Waals surface area contributed by atoms with Crippen LogP contribution in [0.5, 0.6) is 11.5 Å². The van der Waals surface area contributed by atoms with Crippen molar-refractivity contribution in [2.45, 2.75) is 43.3 Å². The first-order valence-corrected chi connectivity index (χ1v) is 18.8. The Labute approximate surface area is 328 Å². The Morgan fingerprint density at radius 3 is 1.88 bits per heavy atom. The number of methoxy groups -OCH3 is 2. The number of nitrogens with zero attached hydrogens (tertiary/aromatic N) is 3. The summed E-state index contributed by atoms with van der Waals surface area (Å²) in [6, 6.07) is 22.6. The lowest BCUT2D eigenvalue weighted by molar-refractivity contribution is 0.0592. The molecule has 0 unspecified atom stereocenters. The zero-order valence-electron chi connectivity index (χ0n) is 31.6. The van der Waals surface area contributed by atoms with E-state index < -0.39 is 11.6 Å². The highest BCUT2D eigenvalue weighted by Crippen LogP contribution is 2.51. The third-order valence-electron chi connectivity index (χ3n) is 10.7. The van der Waals surface area contributed by atoms with Crippen LogP contribution in [0.2, 0.25) is 0 Å². The van der Waals surface area contributed by atoms with Crippen molar-refractivity contribution < 1.29 is 37.3 Å². The summed E-state index contributed by atoms with van der Waals surface area (Å²) in [7, 11) is 2.75. The maximum absolute atomic E-state index is 13.8. The minimum atomic E-state index is -0.863. The predicted molar refractivity (Wildman–Crippen MR) is 210 cm³/mol. The Kier molecular flexibility index (Phi) is 10.3. The van der Waals surface area contributed by atoms with Crippen molar-refractivity contribution in [1.29, 1.82) is 0 Å². The average molecular weight is 777 g/mol. The highest BCUT2D eigenvalue weighted by Gasteiger charge is 2.46. The van der Waals surface area contributed by atoms with Gasteiger partial charge in [0.1, 0.15) is 36.1 Å². The molecule has 0 spiro atoms. The average Bonchev–Trinajstić information content (AvgIpc) is 4.20. The number of fused-ring (bicyclic) bond motifs is 2. The molecule has 3 aromatic carbocycles. The van der Waals surface area contributed by atoms with E-state index in [0.717, 1.165) is 72.4 Å². The number of carbonyl (C=O) groups is 2. The normalized spacial score (nSPS) is 16.4. The second-order valence-corrected chi connectivity index (χ2v) is 14.4. The SMILES string of the molecule is COC(=O)c1ccc(C2(Nc3nccc4c3N(Cc3ccc(F)c(F)c3)CCO4)CC2)cc1.COC(=O)c1ccc(C2(Nc3nccc4c3NCCO4)CC2)cc1. The number of benzene rings is 3. The second kappa shape index (κ2) is 15.6. The van der Waals surface area contributed by atoms with E-state index in [2.05, 4.69) is 30.8 Å². The number of hydrogen-bond donors (Lipinski definition) is 3. The van der Waals surface area contributed by atoms with Crippen molar-refractivity contribution in [2.75, 3.05) is 61.4 Å². The molecule has 4 aliphatic rings. The molecular formula is C43H42F2N6O6. The van der Waals surface area contributed by atoms with Crippen molar-refractivity contribution in [3.63, 3.8) is 0 Å². The van der Waals surface area contributed by atoms with Crippen LogP contribution < -0.4 is 30.3 Å². The first-order chi connectivity index (χ1) is 27.7. The zero-order valence-corrected chi connectivity index (χ0v) is 31.6. The van der Waals surface area contributed by atoms with Crippen molar-refractivity contribution in [1.82, 2.24) is 9.97 Å². The highest BCUT2D eigenvalue weighted by atomic mass is 19.2. The van der Waals surface area contributed by atoms with Gasteiger partial charge in [-0.3, -0.25) is 0 Å². The number of hydrogen-bond acceptors (Lipinski definition) is 12. The van der Waals surface area contributed by atoms with Crippen molar-refractivity contribution in [3.8, 4) is 11.5 Å². The molecule has 294 valence electrons. The summed E-state index contributed by atoms with van der Waals surface area (Å²) >= 11 is 0. The lowest BCUT2D eigenvalue weighted by Crippen LogP contribution is -2.34. The van der Waals surface area contributed by atoms with Crippen LogP contribution in [-0.4, -0.2) is 62.4 Å². The minimum Gasteiger partial charge on any atom is -0.489 e. The van der Waals surface area contributed by atoms with Gasteiger partial charge in [-0.25, -0.2) is 28.3 Å². The summed E-state index contributed by atoms with van der Waals surface area (Å²) in [6.07, 6.45) is 7.33. The Morgan fingerprint density at radius 1 is 0.737 bits per heavy atom. The smallest absolute Gasteiger partial charge is 0.337 e. The molecule has 4 heterocycles. The monoisotopic (exact) mass is 776 g/mol.